The van der Waals surface area contributed by atoms with Gasteiger partial charge in [0.25, 0.3) is 0 Å². The summed E-state index contributed by atoms with van der Waals surface area (Å²) in [7, 11) is 0. The summed E-state index contributed by atoms with van der Waals surface area (Å²) in [5, 5.41) is 10.3. The van der Waals surface area contributed by atoms with Crippen LogP contribution in [0.5, 0.6) is 0 Å². The average molecular weight is 443 g/mol. The average Bonchev–Trinajstić information content (AvgIpc) is 2.91. The Hall–Kier alpha value is -4.42. The number of fused-ring (bicyclic) bond motifs is 4. The lowest BCUT2D eigenvalue weighted by atomic mass is 9.84. The third-order valence-electron chi connectivity index (χ3n) is 7.03. The molecule has 0 radical (unpaired) electrons. The quantitative estimate of drug-likeness (QED) is 0.233. The molecular weight excluding hydrogens is 408 g/mol. The Labute approximate surface area is 207 Å². The molecular formula is C34H34. The van der Waals surface area contributed by atoms with Crippen LogP contribution in [0.1, 0.15) is 8.56 Å². The number of benzene rings is 7. The van der Waals surface area contributed by atoms with E-state index in [0.717, 1.165) is 0 Å². The summed E-state index contributed by atoms with van der Waals surface area (Å²) in [5.41, 5.74) is 5.17. The van der Waals surface area contributed by atoms with E-state index in [1.54, 1.807) is 0 Å². The lowest BCUT2D eigenvalue weighted by molar-refractivity contribution is 1.68. The van der Waals surface area contributed by atoms with Crippen LogP contribution >= 0.6 is 0 Å². The molecule has 0 fully saturated rings. The predicted octanol–water partition coefficient (Wildman–Crippen LogP) is 11.1. The first-order valence-corrected chi connectivity index (χ1v) is 11.8. The molecule has 0 aliphatic rings. The Kier molecular flexibility index (Phi) is 4.25. The van der Waals surface area contributed by atoms with Gasteiger partial charge in [-0.05, 0) is 71.4 Å². The topological polar surface area (TPSA) is 0 Å². The molecule has 0 heteroatoms. The van der Waals surface area contributed by atoms with E-state index in [0.29, 0.717) is 0 Å². The lowest BCUT2D eigenvalue weighted by Gasteiger charge is -2.19. The van der Waals surface area contributed by atoms with Crippen molar-refractivity contribution in [2.75, 3.05) is 0 Å². The van der Waals surface area contributed by atoms with Crippen LogP contribution in [-0.2, 0) is 0 Å². The minimum Gasteiger partial charge on any atom is -0.0616 e. The molecule has 0 N–H and O–H groups in total. The summed E-state index contributed by atoms with van der Waals surface area (Å²) in [4.78, 5) is 0. The molecule has 0 heterocycles. The van der Waals surface area contributed by atoms with Crippen LogP contribution in [0.4, 0.5) is 0 Å². The molecule has 0 spiro atoms. The van der Waals surface area contributed by atoms with Crippen LogP contribution < -0.4 is 0 Å². The van der Waals surface area contributed by atoms with Gasteiger partial charge >= 0.3 is 0 Å². The Morgan fingerprint density at radius 1 is 0.324 bits per heavy atom. The summed E-state index contributed by atoms with van der Waals surface area (Å²) in [6.07, 6.45) is 0. The molecule has 0 saturated carbocycles. The molecule has 0 saturated heterocycles. The highest BCUT2D eigenvalue weighted by Crippen LogP contribution is 2.45. The van der Waals surface area contributed by atoms with Gasteiger partial charge in [-0.15, -0.1) is 0 Å². The number of hydrogen-bond acceptors (Lipinski definition) is 0. The molecule has 7 aromatic carbocycles. The molecule has 0 nitrogen and oxygen atoms in total. The fourth-order valence-corrected chi connectivity index (χ4v) is 5.52. The van der Waals surface area contributed by atoms with Crippen molar-refractivity contribution in [2.24, 2.45) is 0 Å². The van der Waals surface area contributed by atoms with E-state index >= 15 is 0 Å². The zero-order valence-corrected chi connectivity index (χ0v) is 18.7. The lowest BCUT2D eigenvalue weighted by Crippen LogP contribution is -1.91. The first-order chi connectivity index (χ1) is 16.9. The van der Waals surface area contributed by atoms with E-state index in [9.17, 15) is 0 Å². The van der Waals surface area contributed by atoms with Crippen molar-refractivity contribution in [1.82, 2.24) is 0 Å². The monoisotopic (exact) mass is 442 g/mol. The molecule has 0 unspecified atom stereocenters. The fourth-order valence-electron chi connectivity index (χ4n) is 5.52. The molecule has 0 aliphatic heterocycles. The third-order valence-corrected chi connectivity index (χ3v) is 7.03. The van der Waals surface area contributed by atoms with Gasteiger partial charge in [-0.1, -0.05) is 127 Å². The van der Waals surface area contributed by atoms with Gasteiger partial charge in [0.15, 0.2) is 0 Å². The van der Waals surface area contributed by atoms with Crippen LogP contribution in [0.25, 0.3) is 65.3 Å². The van der Waals surface area contributed by atoms with Crippen molar-refractivity contribution in [3.8, 4) is 22.3 Å². The van der Waals surface area contributed by atoms with E-state index in [1.165, 1.54) is 65.3 Å². The zero-order chi connectivity index (χ0) is 22.5. The molecule has 0 aliphatic carbocycles. The highest BCUT2D eigenvalue weighted by Gasteiger charge is 2.17. The van der Waals surface area contributed by atoms with Gasteiger partial charge in [0.05, 0.1) is 0 Å². The minimum atomic E-state index is 0. The van der Waals surface area contributed by atoms with Gasteiger partial charge in [0.1, 0.15) is 0 Å². The summed E-state index contributed by atoms with van der Waals surface area (Å²) in [5.74, 6) is 0. The van der Waals surface area contributed by atoms with E-state index in [-0.39, 0.29) is 8.56 Å². The largest absolute Gasteiger partial charge is 0.0616 e. The maximum atomic E-state index is 2.33. The smallest absolute Gasteiger partial charge is 0 e. The normalized spacial score (nSPS) is 11.5. The van der Waals surface area contributed by atoms with Gasteiger partial charge in [-0.2, -0.15) is 0 Å². The first kappa shape index (κ1) is 19.1. The Morgan fingerprint density at radius 3 is 1.50 bits per heavy atom. The van der Waals surface area contributed by atoms with E-state index in [1.807, 2.05) is 0 Å². The molecule has 7 rings (SSSR count). The summed E-state index contributed by atoms with van der Waals surface area (Å²) in [6, 6.07) is 48.6. The van der Waals surface area contributed by atoms with Gasteiger partial charge in [-0.25, -0.2) is 0 Å². The van der Waals surface area contributed by atoms with Crippen LogP contribution in [-0.4, -0.2) is 0 Å². The molecule has 0 atom stereocenters. The second-order valence-electron chi connectivity index (χ2n) is 8.93. The van der Waals surface area contributed by atoms with Crippen molar-refractivity contribution in [3.05, 3.63) is 133 Å². The van der Waals surface area contributed by atoms with Crippen LogP contribution in [0.15, 0.2) is 133 Å². The van der Waals surface area contributed by atoms with E-state index in [4.69, 9.17) is 0 Å². The standard InChI is InChI=1S/C34H22.6H2/c1-2-12-25-22-26(21-20-23(25)10-1)33-29-15-5-7-17-31(29)34(32-18-8-6-16-30(32)33)28-19-9-13-24-11-3-4-14-27(24)28;;;;;;/h1-22H;6*1H. The maximum absolute atomic E-state index is 2.33. The molecule has 34 heavy (non-hydrogen) atoms. The third kappa shape index (κ3) is 2.86. The summed E-state index contributed by atoms with van der Waals surface area (Å²) >= 11 is 0. The van der Waals surface area contributed by atoms with Crippen LogP contribution in [0, 0.1) is 0 Å². The van der Waals surface area contributed by atoms with Crippen molar-refractivity contribution >= 4 is 43.1 Å². The zero-order valence-electron chi connectivity index (χ0n) is 18.7. The minimum absolute atomic E-state index is 0. The van der Waals surface area contributed by atoms with Crippen molar-refractivity contribution in [1.29, 1.82) is 0 Å². The number of hydrogen-bond donors (Lipinski definition) is 0. The van der Waals surface area contributed by atoms with Gasteiger partial charge in [-0.3, -0.25) is 0 Å². The summed E-state index contributed by atoms with van der Waals surface area (Å²) in [6.45, 7) is 0. The Bertz CT molecular complexity index is 1820. The van der Waals surface area contributed by atoms with Crippen molar-refractivity contribution < 1.29 is 8.56 Å². The van der Waals surface area contributed by atoms with Gasteiger partial charge < -0.3 is 0 Å². The number of rotatable bonds is 2. The molecule has 0 bridgehead atoms. The maximum Gasteiger partial charge on any atom is 0 e. The Balaban J connectivity index is 0.00000133. The van der Waals surface area contributed by atoms with Gasteiger partial charge in [0.2, 0.25) is 0 Å². The molecule has 0 amide bonds. The van der Waals surface area contributed by atoms with E-state index in [2.05, 4.69) is 133 Å². The first-order valence-electron chi connectivity index (χ1n) is 11.8. The predicted molar refractivity (Wildman–Crippen MR) is 160 cm³/mol. The van der Waals surface area contributed by atoms with Crippen molar-refractivity contribution in [2.45, 2.75) is 0 Å². The second kappa shape index (κ2) is 7.57. The SMILES string of the molecule is [HH].[HH].[HH].[HH].[HH].[HH].c1ccc2cc(-c3c4ccccc4c(-c4cccc5ccccc45)c4ccccc34)ccc2c1. The van der Waals surface area contributed by atoms with Crippen molar-refractivity contribution in [3.63, 3.8) is 0 Å². The fraction of sp³-hybridized carbons (Fsp3) is 0. The van der Waals surface area contributed by atoms with Crippen LogP contribution in [0.2, 0.25) is 0 Å². The second-order valence-corrected chi connectivity index (χ2v) is 8.93. The molecule has 170 valence electrons. The summed E-state index contributed by atoms with van der Waals surface area (Å²) < 4.78 is 0. The van der Waals surface area contributed by atoms with Gasteiger partial charge in [0, 0.05) is 8.56 Å². The molecule has 7 aromatic rings. The van der Waals surface area contributed by atoms with Crippen LogP contribution in [0.3, 0.4) is 0 Å². The highest BCUT2D eigenvalue weighted by atomic mass is 14.2. The molecule has 0 aromatic heterocycles. The Morgan fingerprint density at radius 2 is 0.824 bits per heavy atom. The highest BCUT2D eigenvalue weighted by molar-refractivity contribution is 6.23. The van der Waals surface area contributed by atoms with E-state index < -0.39 is 0 Å².